The lowest BCUT2D eigenvalue weighted by molar-refractivity contribution is -0.130. The number of hydrogen-bond donors (Lipinski definition) is 2. The minimum atomic E-state index is -0.306. The van der Waals surface area contributed by atoms with Crippen molar-refractivity contribution in [3.63, 3.8) is 0 Å². The molecule has 2 amide bonds. The van der Waals surface area contributed by atoms with Crippen LogP contribution in [-0.4, -0.2) is 39.1 Å². The highest BCUT2D eigenvalue weighted by Gasteiger charge is 2.22. The summed E-state index contributed by atoms with van der Waals surface area (Å²) >= 11 is 5.19. The van der Waals surface area contributed by atoms with E-state index in [2.05, 4.69) is 15.4 Å². The van der Waals surface area contributed by atoms with Gasteiger partial charge in [-0.15, -0.1) is 0 Å². The Morgan fingerprint density at radius 1 is 1.39 bits per heavy atom. The number of hydrogen-bond acceptors (Lipinski definition) is 4. The first kappa shape index (κ1) is 15.2. The molecule has 0 saturated carbocycles. The Kier molecular flexibility index (Phi) is 4.07. The SMILES string of the molecule is CN1N=C(C(=O)Nc2cccc(-n3cc[nH]c3=S)c2)CCC1=O. The van der Waals surface area contributed by atoms with Crippen molar-refractivity contribution in [1.82, 2.24) is 14.6 Å². The second-order valence-electron chi connectivity index (χ2n) is 5.10. The van der Waals surface area contributed by atoms with Crippen molar-refractivity contribution >= 4 is 35.4 Å². The van der Waals surface area contributed by atoms with Crippen LogP contribution in [-0.2, 0) is 9.59 Å². The molecule has 1 aromatic heterocycles. The van der Waals surface area contributed by atoms with Crippen LogP contribution >= 0.6 is 12.2 Å². The minimum Gasteiger partial charge on any atom is -0.337 e. The molecule has 0 spiro atoms. The van der Waals surface area contributed by atoms with E-state index in [4.69, 9.17) is 12.2 Å². The van der Waals surface area contributed by atoms with E-state index in [0.717, 1.165) is 5.69 Å². The number of nitrogens with one attached hydrogen (secondary N) is 2. The van der Waals surface area contributed by atoms with Crippen molar-refractivity contribution in [1.29, 1.82) is 0 Å². The maximum Gasteiger partial charge on any atom is 0.271 e. The molecule has 1 aliphatic rings. The fourth-order valence-electron chi connectivity index (χ4n) is 2.29. The van der Waals surface area contributed by atoms with E-state index in [0.29, 0.717) is 29.0 Å². The third-order valence-electron chi connectivity index (χ3n) is 3.50. The summed E-state index contributed by atoms with van der Waals surface area (Å²) in [5.41, 5.74) is 1.82. The summed E-state index contributed by atoms with van der Waals surface area (Å²) in [6.45, 7) is 0. The standard InChI is InChI=1S/C15H15N5O2S/c1-19-13(21)6-5-12(18-19)14(22)17-10-3-2-4-11(9-10)20-8-7-16-15(20)23/h2-4,7-9H,5-6H2,1H3,(H,16,23)(H,17,22). The van der Waals surface area contributed by atoms with Gasteiger partial charge < -0.3 is 10.3 Å². The van der Waals surface area contributed by atoms with E-state index in [1.807, 2.05) is 24.4 Å². The molecule has 2 heterocycles. The Bertz CT molecular complexity index is 851. The summed E-state index contributed by atoms with van der Waals surface area (Å²) in [6, 6.07) is 7.33. The highest BCUT2D eigenvalue weighted by molar-refractivity contribution is 7.71. The summed E-state index contributed by atoms with van der Waals surface area (Å²) in [5.74, 6) is -0.399. The Hall–Kier alpha value is -2.74. The van der Waals surface area contributed by atoms with Crippen LogP contribution < -0.4 is 5.32 Å². The second-order valence-corrected chi connectivity index (χ2v) is 5.49. The zero-order valence-corrected chi connectivity index (χ0v) is 13.3. The molecule has 2 aromatic rings. The van der Waals surface area contributed by atoms with Gasteiger partial charge in [0.2, 0.25) is 5.91 Å². The first-order valence-electron chi connectivity index (χ1n) is 7.06. The van der Waals surface area contributed by atoms with E-state index in [9.17, 15) is 9.59 Å². The molecule has 0 saturated heterocycles. The topological polar surface area (TPSA) is 82.5 Å². The molecular formula is C15H15N5O2S. The van der Waals surface area contributed by atoms with Gasteiger partial charge >= 0.3 is 0 Å². The quantitative estimate of drug-likeness (QED) is 0.846. The number of amides is 2. The monoisotopic (exact) mass is 329 g/mol. The first-order valence-corrected chi connectivity index (χ1v) is 7.47. The average molecular weight is 329 g/mol. The zero-order valence-electron chi connectivity index (χ0n) is 12.4. The van der Waals surface area contributed by atoms with Crippen LogP contribution in [0.15, 0.2) is 41.8 Å². The number of hydrazone groups is 1. The Morgan fingerprint density at radius 2 is 2.22 bits per heavy atom. The number of carbonyl (C=O) groups excluding carboxylic acids is 2. The Balaban J connectivity index is 1.80. The van der Waals surface area contributed by atoms with Crippen molar-refractivity contribution in [2.75, 3.05) is 12.4 Å². The predicted octanol–water partition coefficient (Wildman–Crippen LogP) is 2.08. The molecule has 8 heteroatoms. The molecule has 0 bridgehead atoms. The van der Waals surface area contributed by atoms with E-state index < -0.39 is 0 Å². The predicted molar refractivity (Wildman–Crippen MR) is 89.0 cm³/mol. The maximum atomic E-state index is 12.3. The third-order valence-corrected chi connectivity index (χ3v) is 3.82. The number of imidazole rings is 1. The van der Waals surface area contributed by atoms with Crippen molar-refractivity contribution in [2.45, 2.75) is 12.8 Å². The molecule has 3 rings (SSSR count). The van der Waals surface area contributed by atoms with Crippen molar-refractivity contribution in [3.8, 4) is 5.69 Å². The molecule has 0 unspecified atom stereocenters. The van der Waals surface area contributed by atoms with E-state index in [-0.39, 0.29) is 11.8 Å². The third kappa shape index (κ3) is 3.21. The summed E-state index contributed by atoms with van der Waals surface area (Å²) in [6.07, 6.45) is 4.20. The zero-order chi connectivity index (χ0) is 16.4. The molecule has 7 nitrogen and oxygen atoms in total. The second kappa shape index (κ2) is 6.17. The first-order chi connectivity index (χ1) is 11.0. The molecule has 0 fully saturated rings. The van der Waals surface area contributed by atoms with Gasteiger partial charge in [-0.2, -0.15) is 5.10 Å². The number of aromatic amines is 1. The van der Waals surface area contributed by atoms with Crippen LogP contribution in [0.2, 0.25) is 0 Å². The number of nitrogens with zero attached hydrogens (tertiary/aromatic N) is 3. The number of aromatic nitrogens is 2. The van der Waals surface area contributed by atoms with Gasteiger partial charge in [-0.05, 0) is 30.4 Å². The highest BCUT2D eigenvalue weighted by atomic mass is 32.1. The maximum absolute atomic E-state index is 12.3. The van der Waals surface area contributed by atoms with Gasteiger partial charge in [-0.3, -0.25) is 14.2 Å². The fourth-order valence-corrected chi connectivity index (χ4v) is 2.53. The summed E-state index contributed by atoms with van der Waals surface area (Å²) in [4.78, 5) is 26.6. The van der Waals surface area contributed by atoms with E-state index >= 15 is 0 Å². The van der Waals surface area contributed by atoms with Gasteiger partial charge in [-0.25, -0.2) is 5.01 Å². The van der Waals surface area contributed by atoms with Crippen LogP contribution in [0.4, 0.5) is 5.69 Å². The molecule has 1 aliphatic heterocycles. The van der Waals surface area contributed by atoms with Crippen molar-refractivity contribution in [3.05, 3.63) is 41.4 Å². The van der Waals surface area contributed by atoms with Crippen molar-refractivity contribution < 1.29 is 9.59 Å². The number of anilines is 1. The van der Waals surface area contributed by atoms with Gasteiger partial charge in [0, 0.05) is 43.7 Å². The number of carbonyl (C=O) groups is 2. The summed E-state index contributed by atoms with van der Waals surface area (Å²) < 4.78 is 2.38. The molecule has 23 heavy (non-hydrogen) atoms. The molecule has 0 atom stereocenters. The van der Waals surface area contributed by atoms with Gasteiger partial charge in [0.05, 0.1) is 0 Å². The van der Waals surface area contributed by atoms with Gasteiger partial charge in [-0.1, -0.05) is 6.07 Å². The van der Waals surface area contributed by atoms with Crippen molar-refractivity contribution in [2.24, 2.45) is 5.10 Å². The van der Waals surface area contributed by atoms with Gasteiger partial charge in [0.15, 0.2) is 4.77 Å². The molecule has 1 aromatic carbocycles. The number of H-pyrrole nitrogens is 1. The Morgan fingerprint density at radius 3 is 2.91 bits per heavy atom. The van der Waals surface area contributed by atoms with Crippen LogP contribution in [0.3, 0.4) is 0 Å². The largest absolute Gasteiger partial charge is 0.337 e. The van der Waals surface area contributed by atoms with E-state index in [1.165, 1.54) is 5.01 Å². The lowest BCUT2D eigenvalue weighted by Crippen LogP contribution is -2.34. The van der Waals surface area contributed by atoms with E-state index in [1.54, 1.807) is 23.9 Å². The lowest BCUT2D eigenvalue weighted by Gasteiger charge is -2.19. The fraction of sp³-hybridized carbons (Fsp3) is 0.200. The minimum absolute atomic E-state index is 0.0922. The smallest absolute Gasteiger partial charge is 0.271 e. The van der Waals surface area contributed by atoms with Crippen LogP contribution in [0.1, 0.15) is 12.8 Å². The molecule has 0 radical (unpaired) electrons. The number of rotatable bonds is 3. The average Bonchev–Trinajstić information content (AvgIpc) is 2.96. The summed E-state index contributed by atoms with van der Waals surface area (Å²) in [5, 5.41) is 8.01. The molecule has 0 aliphatic carbocycles. The van der Waals surface area contributed by atoms with Crippen LogP contribution in [0.5, 0.6) is 0 Å². The van der Waals surface area contributed by atoms with Crippen LogP contribution in [0.25, 0.3) is 5.69 Å². The van der Waals surface area contributed by atoms with Crippen LogP contribution in [0, 0.1) is 4.77 Å². The Labute approximate surface area is 137 Å². The molecule has 2 N–H and O–H groups in total. The van der Waals surface area contributed by atoms with Gasteiger partial charge in [0.25, 0.3) is 5.91 Å². The molecular weight excluding hydrogens is 314 g/mol. The normalized spacial score (nSPS) is 14.6. The number of benzene rings is 1. The van der Waals surface area contributed by atoms with Gasteiger partial charge in [0.1, 0.15) is 5.71 Å². The molecule has 118 valence electrons. The summed E-state index contributed by atoms with van der Waals surface area (Å²) in [7, 11) is 1.54. The highest BCUT2D eigenvalue weighted by Crippen LogP contribution is 2.16. The lowest BCUT2D eigenvalue weighted by atomic mass is 10.1.